The number of hydrogen-bond donors (Lipinski definition) is 1. The molecule has 1 N–H and O–H groups in total. The van der Waals surface area contributed by atoms with Crippen molar-refractivity contribution in [3.05, 3.63) is 61.9 Å². The number of ether oxygens (including phenoxy) is 1. The summed E-state index contributed by atoms with van der Waals surface area (Å²) in [6, 6.07) is 11.1. The molecule has 0 aliphatic rings. The van der Waals surface area contributed by atoms with E-state index in [4.69, 9.17) is 16.3 Å². The molecule has 0 aliphatic carbocycles. The van der Waals surface area contributed by atoms with Gasteiger partial charge in [0, 0.05) is 9.61 Å². The van der Waals surface area contributed by atoms with Gasteiger partial charge in [0.15, 0.2) is 11.6 Å². The summed E-state index contributed by atoms with van der Waals surface area (Å²) in [5.74, 6) is -0.0810. The van der Waals surface area contributed by atoms with Gasteiger partial charge >= 0.3 is 0 Å². The molecule has 0 bridgehead atoms. The van der Waals surface area contributed by atoms with Crippen molar-refractivity contribution in [3.63, 3.8) is 0 Å². The van der Waals surface area contributed by atoms with E-state index < -0.39 is 0 Å². The minimum atomic E-state index is -0.342. The first-order valence-electron chi connectivity index (χ1n) is 6.49. The third-order valence-corrected chi connectivity index (χ3v) is 4.92. The normalized spacial score (nSPS) is 12.2. The summed E-state index contributed by atoms with van der Waals surface area (Å²) in [6.07, 6.45) is 0.675. The minimum Gasteiger partial charge on any atom is -0.494 e. The molecule has 112 valence electrons. The summed E-state index contributed by atoms with van der Waals surface area (Å²) < 4.78 is 19.7. The predicted molar refractivity (Wildman–Crippen MR) is 92.6 cm³/mol. The molecule has 0 fully saturated rings. The highest BCUT2D eigenvalue weighted by atomic mass is 127. The summed E-state index contributed by atoms with van der Waals surface area (Å²) >= 11 is 8.37. The van der Waals surface area contributed by atoms with Crippen LogP contribution >= 0.6 is 34.2 Å². The van der Waals surface area contributed by atoms with Crippen molar-refractivity contribution in [1.29, 1.82) is 0 Å². The van der Waals surface area contributed by atoms with Crippen molar-refractivity contribution in [3.8, 4) is 5.75 Å². The molecule has 0 radical (unpaired) electrons. The first-order valence-corrected chi connectivity index (χ1v) is 7.95. The van der Waals surface area contributed by atoms with Crippen molar-refractivity contribution in [2.75, 3.05) is 14.2 Å². The molecular formula is C16H16ClFINO. The van der Waals surface area contributed by atoms with Gasteiger partial charge in [-0.2, -0.15) is 0 Å². The molecular weight excluding hydrogens is 404 g/mol. The van der Waals surface area contributed by atoms with E-state index in [-0.39, 0.29) is 17.6 Å². The fraction of sp³-hybridized carbons (Fsp3) is 0.250. The van der Waals surface area contributed by atoms with Gasteiger partial charge in [-0.3, -0.25) is 0 Å². The maximum Gasteiger partial charge on any atom is 0.165 e. The number of rotatable bonds is 5. The zero-order chi connectivity index (χ0) is 15.4. The van der Waals surface area contributed by atoms with Crippen LogP contribution in [0.15, 0.2) is 36.4 Å². The van der Waals surface area contributed by atoms with E-state index in [1.54, 1.807) is 6.07 Å². The van der Waals surface area contributed by atoms with Crippen LogP contribution in [0.1, 0.15) is 17.2 Å². The molecule has 0 saturated carbocycles. The van der Waals surface area contributed by atoms with Gasteiger partial charge in [-0.25, -0.2) is 4.39 Å². The highest BCUT2D eigenvalue weighted by Gasteiger charge is 2.13. The Kier molecular flexibility index (Phi) is 5.84. The Balaban J connectivity index is 2.22. The fourth-order valence-corrected chi connectivity index (χ4v) is 2.71. The Morgan fingerprint density at radius 3 is 2.62 bits per heavy atom. The first kappa shape index (κ1) is 16.5. The molecule has 0 aromatic heterocycles. The van der Waals surface area contributed by atoms with Crippen molar-refractivity contribution in [2.45, 2.75) is 12.5 Å². The van der Waals surface area contributed by atoms with Crippen LogP contribution in [0, 0.1) is 9.39 Å². The van der Waals surface area contributed by atoms with Crippen LogP contribution in [-0.2, 0) is 6.42 Å². The van der Waals surface area contributed by atoms with Crippen LogP contribution in [0.2, 0.25) is 5.02 Å². The van der Waals surface area contributed by atoms with E-state index in [9.17, 15) is 4.39 Å². The maximum absolute atomic E-state index is 13.8. The molecule has 2 nitrogen and oxygen atoms in total. The maximum atomic E-state index is 13.8. The summed E-state index contributed by atoms with van der Waals surface area (Å²) in [6.45, 7) is 0. The lowest BCUT2D eigenvalue weighted by molar-refractivity contribution is 0.386. The molecule has 2 aromatic carbocycles. The monoisotopic (exact) mass is 419 g/mol. The summed E-state index contributed by atoms with van der Waals surface area (Å²) in [7, 11) is 3.35. The second-order valence-electron chi connectivity index (χ2n) is 4.69. The molecule has 1 unspecified atom stereocenters. The van der Waals surface area contributed by atoms with Gasteiger partial charge in [0.25, 0.3) is 0 Å². The van der Waals surface area contributed by atoms with Crippen LogP contribution in [0.4, 0.5) is 4.39 Å². The molecule has 2 aromatic rings. The second kappa shape index (κ2) is 7.42. The Morgan fingerprint density at radius 2 is 2.05 bits per heavy atom. The molecule has 0 aliphatic heterocycles. The van der Waals surface area contributed by atoms with Crippen LogP contribution in [0.25, 0.3) is 0 Å². The standard InChI is InChI=1S/C16H16ClFINO/c1-20-15(11-4-5-14(19)12(17)9-11)8-10-3-6-16(21-2)13(18)7-10/h3-7,9,15,20H,8H2,1-2H3. The van der Waals surface area contributed by atoms with Crippen LogP contribution in [-0.4, -0.2) is 14.2 Å². The zero-order valence-electron chi connectivity index (χ0n) is 11.8. The van der Waals surface area contributed by atoms with Crippen molar-refractivity contribution in [2.24, 2.45) is 0 Å². The Morgan fingerprint density at radius 1 is 1.29 bits per heavy atom. The highest BCUT2D eigenvalue weighted by Crippen LogP contribution is 2.26. The number of nitrogens with one attached hydrogen (secondary N) is 1. The van der Waals surface area contributed by atoms with Crippen LogP contribution < -0.4 is 10.1 Å². The van der Waals surface area contributed by atoms with E-state index in [0.29, 0.717) is 6.42 Å². The van der Waals surface area contributed by atoms with Crippen molar-refractivity contribution in [1.82, 2.24) is 5.32 Å². The molecule has 5 heteroatoms. The van der Waals surface area contributed by atoms with Gasteiger partial charge in [0.2, 0.25) is 0 Å². The lowest BCUT2D eigenvalue weighted by atomic mass is 9.99. The zero-order valence-corrected chi connectivity index (χ0v) is 14.7. The summed E-state index contributed by atoms with van der Waals surface area (Å²) in [5, 5.41) is 3.98. The molecule has 2 rings (SSSR count). The van der Waals surface area contributed by atoms with Gasteiger partial charge in [-0.15, -0.1) is 0 Å². The molecule has 0 heterocycles. The smallest absolute Gasteiger partial charge is 0.165 e. The van der Waals surface area contributed by atoms with E-state index in [1.807, 2.05) is 31.3 Å². The second-order valence-corrected chi connectivity index (χ2v) is 6.26. The van der Waals surface area contributed by atoms with E-state index >= 15 is 0 Å². The summed E-state index contributed by atoms with van der Waals surface area (Å²) in [4.78, 5) is 0. The lowest BCUT2D eigenvalue weighted by Crippen LogP contribution is -2.19. The van der Waals surface area contributed by atoms with Crippen LogP contribution in [0.3, 0.4) is 0 Å². The SMILES string of the molecule is CNC(Cc1ccc(OC)c(F)c1)c1ccc(I)c(Cl)c1. The van der Waals surface area contributed by atoms with Crippen LogP contribution in [0.5, 0.6) is 5.75 Å². The number of hydrogen-bond acceptors (Lipinski definition) is 2. The topological polar surface area (TPSA) is 21.3 Å². The third kappa shape index (κ3) is 4.08. The molecule has 1 atom stereocenters. The Bertz CT molecular complexity index is 636. The minimum absolute atomic E-state index is 0.0762. The average Bonchev–Trinajstić information content (AvgIpc) is 2.48. The Labute approximate surface area is 142 Å². The van der Waals surface area contributed by atoms with Gasteiger partial charge in [0.1, 0.15) is 0 Å². The predicted octanol–water partition coefficient (Wildman–Crippen LogP) is 4.60. The van der Waals surface area contributed by atoms with Crippen molar-refractivity contribution >= 4 is 34.2 Å². The third-order valence-electron chi connectivity index (χ3n) is 3.35. The van der Waals surface area contributed by atoms with Crippen molar-refractivity contribution < 1.29 is 9.13 Å². The van der Waals surface area contributed by atoms with E-state index in [1.165, 1.54) is 13.2 Å². The number of methoxy groups -OCH3 is 1. The highest BCUT2D eigenvalue weighted by molar-refractivity contribution is 14.1. The van der Waals surface area contributed by atoms with E-state index in [0.717, 1.165) is 19.7 Å². The van der Waals surface area contributed by atoms with Gasteiger partial charge < -0.3 is 10.1 Å². The number of halogens is 3. The summed E-state index contributed by atoms with van der Waals surface area (Å²) in [5.41, 5.74) is 1.99. The quantitative estimate of drug-likeness (QED) is 0.716. The number of benzene rings is 2. The van der Waals surface area contributed by atoms with E-state index in [2.05, 4.69) is 27.9 Å². The fourth-order valence-electron chi connectivity index (χ4n) is 2.19. The van der Waals surface area contributed by atoms with Gasteiger partial charge in [0.05, 0.1) is 12.1 Å². The Hall–Kier alpha value is -0.850. The molecule has 21 heavy (non-hydrogen) atoms. The first-order chi connectivity index (χ1) is 10.0. The molecule has 0 amide bonds. The molecule has 0 saturated heterocycles. The molecule has 0 spiro atoms. The van der Waals surface area contributed by atoms with Gasteiger partial charge in [-0.1, -0.05) is 23.7 Å². The van der Waals surface area contributed by atoms with Gasteiger partial charge in [-0.05, 0) is 71.5 Å². The lowest BCUT2D eigenvalue weighted by Gasteiger charge is -2.18. The largest absolute Gasteiger partial charge is 0.494 e. The number of likely N-dealkylation sites (N-methyl/N-ethyl adjacent to an activating group) is 1. The average molecular weight is 420 g/mol.